The third kappa shape index (κ3) is 2.53. The van der Waals surface area contributed by atoms with E-state index in [2.05, 4.69) is 0 Å². The standard InChI is InChI=1S/C16H16N2O6/c1-2-11-12-7-13(19)14(17(12)15(11)20)16(21)24-8-9-3-5-10(6-4-9)18(22)23/h3-6,11-12,14H,2,7-8H2,1H3/t11-,12-,14?/m0/s1. The number of nitrogens with zero attached hydrogens (tertiary/aromatic N) is 2. The Balaban J connectivity index is 1.62. The van der Waals surface area contributed by atoms with Crippen molar-refractivity contribution >= 4 is 23.3 Å². The predicted octanol–water partition coefficient (Wildman–Crippen LogP) is 1.22. The molecule has 0 aromatic heterocycles. The molecule has 0 bridgehead atoms. The van der Waals surface area contributed by atoms with Crippen molar-refractivity contribution in [3.63, 3.8) is 0 Å². The van der Waals surface area contributed by atoms with Crippen molar-refractivity contribution in [1.29, 1.82) is 0 Å². The molecule has 2 aliphatic heterocycles. The number of nitro groups is 1. The van der Waals surface area contributed by atoms with Crippen LogP contribution in [0.3, 0.4) is 0 Å². The Bertz CT molecular complexity index is 714. The number of carbonyl (C=O) groups is 3. The first-order valence-corrected chi connectivity index (χ1v) is 7.69. The fourth-order valence-corrected chi connectivity index (χ4v) is 3.30. The lowest BCUT2D eigenvalue weighted by Gasteiger charge is -2.43. The van der Waals surface area contributed by atoms with Gasteiger partial charge in [0, 0.05) is 18.6 Å². The average Bonchev–Trinajstić information content (AvgIpc) is 2.86. The molecule has 1 aromatic carbocycles. The molecule has 0 N–H and O–H groups in total. The summed E-state index contributed by atoms with van der Waals surface area (Å²) in [6.45, 7) is 1.77. The molecule has 2 aliphatic rings. The molecule has 2 heterocycles. The van der Waals surface area contributed by atoms with Crippen LogP contribution in [0.25, 0.3) is 0 Å². The second kappa shape index (κ2) is 6.03. The number of amides is 1. The average molecular weight is 332 g/mol. The first-order valence-electron chi connectivity index (χ1n) is 7.69. The van der Waals surface area contributed by atoms with E-state index in [0.29, 0.717) is 12.0 Å². The molecule has 1 unspecified atom stereocenters. The Kier molecular flexibility index (Phi) is 4.04. The Morgan fingerprint density at radius 1 is 1.33 bits per heavy atom. The van der Waals surface area contributed by atoms with Gasteiger partial charge in [-0.25, -0.2) is 4.79 Å². The zero-order valence-corrected chi connectivity index (χ0v) is 13.0. The van der Waals surface area contributed by atoms with Crippen LogP contribution in [-0.2, 0) is 25.7 Å². The van der Waals surface area contributed by atoms with Gasteiger partial charge < -0.3 is 9.64 Å². The van der Waals surface area contributed by atoms with Gasteiger partial charge in [-0.15, -0.1) is 0 Å². The van der Waals surface area contributed by atoms with Crippen molar-refractivity contribution in [3.8, 4) is 0 Å². The van der Waals surface area contributed by atoms with Gasteiger partial charge in [0.15, 0.2) is 11.8 Å². The fourth-order valence-electron chi connectivity index (χ4n) is 3.30. The van der Waals surface area contributed by atoms with Crippen molar-refractivity contribution in [2.24, 2.45) is 5.92 Å². The first kappa shape index (κ1) is 16.1. The van der Waals surface area contributed by atoms with Crippen molar-refractivity contribution < 1.29 is 24.0 Å². The van der Waals surface area contributed by atoms with Gasteiger partial charge in [0.05, 0.1) is 16.9 Å². The molecule has 126 valence electrons. The molecule has 3 rings (SSSR count). The number of ether oxygens (including phenoxy) is 1. The summed E-state index contributed by atoms with van der Waals surface area (Å²) in [5.41, 5.74) is 0.507. The molecule has 0 spiro atoms. The number of Topliss-reactive ketones (excluding diaryl/α,β-unsaturated/α-hetero) is 1. The minimum Gasteiger partial charge on any atom is -0.459 e. The molecule has 0 saturated carbocycles. The molecular weight excluding hydrogens is 316 g/mol. The highest BCUT2D eigenvalue weighted by molar-refractivity contribution is 6.11. The molecule has 3 atom stereocenters. The van der Waals surface area contributed by atoms with Gasteiger partial charge in [0.25, 0.3) is 5.69 Å². The molecule has 24 heavy (non-hydrogen) atoms. The molecule has 1 aromatic rings. The number of nitro benzene ring substituents is 1. The maximum Gasteiger partial charge on any atom is 0.337 e. The monoisotopic (exact) mass is 332 g/mol. The Morgan fingerprint density at radius 3 is 2.58 bits per heavy atom. The molecule has 2 saturated heterocycles. The number of fused-ring (bicyclic) bond motifs is 1. The zero-order valence-electron chi connectivity index (χ0n) is 13.0. The fraction of sp³-hybridized carbons (Fsp3) is 0.438. The third-order valence-corrected chi connectivity index (χ3v) is 4.58. The molecule has 8 heteroatoms. The molecule has 1 amide bonds. The lowest BCUT2D eigenvalue weighted by molar-refractivity contribution is -0.384. The first-order chi connectivity index (χ1) is 11.4. The van der Waals surface area contributed by atoms with Crippen LogP contribution in [0.2, 0.25) is 0 Å². The van der Waals surface area contributed by atoms with Gasteiger partial charge >= 0.3 is 5.97 Å². The molecule has 0 radical (unpaired) electrons. The summed E-state index contributed by atoms with van der Waals surface area (Å²) in [7, 11) is 0. The van der Waals surface area contributed by atoms with Crippen LogP contribution in [0.5, 0.6) is 0 Å². The number of β-lactam (4-membered cyclic amide) rings is 1. The minimum atomic E-state index is -1.15. The van der Waals surface area contributed by atoms with E-state index in [9.17, 15) is 24.5 Å². The molecule has 8 nitrogen and oxygen atoms in total. The van der Waals surface area contributed by atoms with Gasteiger partial charge in [-0.05, 0) is 24.1 Å². The van der Waals surface area contributed by atoms with Gasteiger partial charge in [-0.2, -0.15) is 0 Å². The number of ketones is 1. The number of carbonyl (C=O) groups excluding carboxylic acids is 3. The van der Waals surface area contributed by atoms with Crippen LogP contribution in [-0.4, -0.2) is 39.6 Å². The number of esters is 1. The quantitative estimate of drug-likeness (QED) is 0.264. The highest BCUT2D eigenvalue weighted by atomic mass is 16.6. The van der Waals surface area contributed by atoms with Gasteiger partial charge in [-0.3, -0.25) is 19.7 Å². The number of hydrogen-bond acceptors (Lipinski definition) is 6. The number of hydrogen-bond donors (Lipinski definition) is 0. The molecular formula is C16H16N2O6. The summed E-state index contributed by atoms with van der Waals surface area (Å²) in [5, 5.41) is 10.6. The van der Waals surface area contributed by atoms with E-state index < -0.39 is 16.9 Å². The van der Waals surface area contributed by atoms with E-state index in [4.69, 9.17) is 4.74 Å². The Morgan fingerprint density at radius 2 is 2.00 bits per heavy atom. The Labute approximate surface area is 137 Å². The number of rotatable bonds is 5. The maximum atomic E-state index is 12.2. The summed E-state index contributed by atoms with van der Waals surface area (Å²) in [6, 6.07) is 4.24. The second-order valence-electron chi connectivity index (χ2n) is 5.93. The van der Waals surface area contributed by atoms with E-state index >= 15 is 0 Å². The van der Waals surface area contributed by atoms with E-state index in [-0.39, 0.29) is 42.4 Å². The van der Waals surface area contributed by atoms with Gasteiger partial charge in [0.2, 0.25) is 5.91 Å². The van der Waals surface area contributed by atoms with Crippen molar-refractivity contribution in [3.05, 3.63) is 39.9 Å². The summed E-state index contributed by atoms with van der Waals surface area (Å²) < 4.78 is 5.13. The lowest BCUT2D eigenvalue weighted by Crippen LogP contribution is -2.61. The van der Waals surface area contributed by atoms with Crippen LogP contribution >= 0.6 is 0 Å². The summed E-state index contributed by atoms with van der Waals surface area (Å²) in [5.74, 6) is -1.39. The lowest BCUT2D eigenvalue weighted by atomic mass is 9.86. The van der Waals surface area contributed by atoms with Crippen molar-refractivity contribution in [1.82, 2.24) is 4.90 Å². The van der Waals surface area contributed by atoms with Crippen LogP contribution in [0, 0.1) is 16.0 Å². The second-order valence-corrected chi connectivity index (χ2v) is 5.93. The van der Waals surface area contributed by atoms with Crippen LogP contribution in [0.1, 0.15) is 25.3 Å². The van der Waals surface area contributed by atoms with Gasteiger partial charge in [0.1, 0.15) is 6.61 Å². The number of benzene rings is 1. The van der Waals surface area contributed by atoms with E-state index in [1.54, 1.807) is 0 Å². The van der Waals surface area contributed by atoms with Crippen molar-refractivity contribution in [2.45, 2.75) is 38.5 Å². The SMILES string of the molecule is CC[C@@H]1C(=O)N2C(C(=O)OCc3ccc([N+](=O)[O-])cc3)C(=O)C[C@@H]12. The predicted molar refractivity (Wildman–Crippen MR) is 80.7 cm³/mol. The highest BCUT2D eigenvalue weighted by Crippen LogP contribution is 2.39. The Hall–Kier alpha value is -2.77. The minimum absolute atomic E-state index is 0.0596. The highest BCUT2D eigenvalue weighted by Gasteiger charge is 2.59. The van der Waals surface area contributed by atoms with Crippen LogP contribution < -0.4 is 0 Å². The van der Waals surface area contributed by atoms with Gasteiger partial charge in [-0.1, -0.05) is 6.92 Å². The molecule has 0 aliphatic carbocycles. The number of non-ortho nitro benzene ring substituents is 1. The van der Waals surface area contributed by atoms with Crippen LogP contribution in [0.15, 0.2) is 24.3 Å². The summed E-state index contributed by atoms with van der Waals surface area (Å²) in [4.78, 5) is 47.6. The van der Waals surface area contributed by atoms with E-state index in [0.717, 1.165) is 0 Å². The normalized spacial score (nSPS) is 25.2. The largest absolute Gasteiger partial charge is 0.459 e. The third-order valence-electron chi connectivity index (χ3n) is 4.58. The van der Waals surface area contributed by atoms with Crippen LogP contribution in [0.4, 0.5) is 5.69 Å². The van der Waals surface area contributed by atoms with Crippen molar-refractivity contribution in [2.75, 3.05) is 0 Å². The summed E-state index contributed by atoms with van der Waals surface area (Å²) in [6.07, 6.45) is 0.847. The maximum absolute atomic E-state index is 12.2. The summed E-state index contributed by atoms with van der Waals surface area (Å²) >= 11 is 0. The molecule has 2 fully saturated rings. The topological polar surface area (TPSA) is 107 Å². The smallest absolute Gasteiger partial charge is 0.337 e. The van der Waals surface area contributed by atoms with E-state index in [1.165, 1.54) is 29.2 Å². The van der Waals surface area contributed by atoms with E-state index in [1.807, 2.05) is 6.92 Å². The zero-order chi connectivity index (χ0) is 17.4.